The Labute approximate surface area is 146 Å². The van der Waals surface area contributed by atoms with E-state index in [2.05, 4.69) is 51.8 Å². The average molecular weight is 335 g/mol. The van der Waals surface area contributed by atoms with Gasteiger partial charge in [0.1, 0.15) is 0 Å². The maximum atomic E-state index is 6.16. The lowest BCUT2D eigenvalue weighted by Crippen LogP contribution is -2.40. The molecule has 0 spiro atoms. The standard InChI is InChI=1S/C21H38OSi/c1-21(2,3)23(4,5)22-19-15-18-20-16-13-11-9-7-6-8-10-12-14-17-20/h16H,6-14,17,19H2,1-5H3/b20-16+. The molecule has 0 aliphatic heterocycles. The molecule has 1 nitrogen and oxygen atoms in total. The molecule has 132 valence electrons. The summed E-state index contributed by atoms with van der Waals surface area (Å²) in [5, 5.41) is 0.265. The average Bonchev–Trinajstić information content (AvgIpc) is 2.44. The van der Waals surface area contributed by atoms with Gasteiger partial charge in [-0.1, -0.05) is 77.2 Å². The monoisotopic (exact) mass is 334 g/mol. The molecule has 1 aliphatic carbocycles. The normalized spacial score (nSPS) is 21.2. The molecule has 0 unspecified atom stereocenters. The van der Waals surface area contributed by atoms with E-state index in [9.17, 15) is 0 Å². The molecule has 0 aromatic carbocycles. The van der Waals surface area contributed by atoms with Crippen molar-refractivity contribution in [1.29, 1.82) is 0 Å². The van der Waals surface area contributed by atoms with Gasteiger partial charge in [-0.15, -0.1) is 0 Å². The van der Waals surface area contributed by atoms with Crippen LogP contribution in [0.25, 0.3) is 0 Å². The lowest BCUT2D eigenvalue weighted by atomic mass is 10.0. The minimum atomic E-state index is -1.66. The number of hydrogen-bond acceptors (Lipinski definition) is 1. The van der Waals surface area contributed by atoms with Crippen LogP contribution in [0.4, 0.5) is 0 Å². The van der Waals surface area contributed by atoms with E-state index in [1.165, 1.54) is 63.4 Å². The molecular formula is C21H38OSi. The highest BCUT2D eigenvalue weighted by molar-refractivity contribution is 6.74. The predicted octanol–water partition coefficient (Wildman–Crippen LogP) is 6.85. The van der Waals surface area contributed by atoms with Crippen molar-refractivity contribution in [2.75, 3.05) is 6.61 Å². The Morgan fingerprint density at radius 2 is 1.52 bits per heavy atom. The molecule has 2 heteroatoms. The highest BCUT2D eigenvalue weighted by Gasteiger charge is 2.36. The fraction of sp³-hybridized carbons (Fsp3) is 0.810. The minimum Gasteiger partial charge on any atom is -0.406 e. The lowest BCUT2D eigenvalue weighted by Gasteiger charge is -2.35. The summed E-state index contributed by atoms with van der Waals surface area (Å²) in [4.78, 5) is 0. The second-order valence-electron chi connectivity index (χ2n) is 8.45. The van der Waals surface area contributed by atoms with E-state index in [1.807, 2.05) is 0 Å². The number of hydrogen-bond donors (Lipinski definition) is 0. The van der Waals surface area contributed by atoms with E-state index < -0.39 is 8.32 Å². The summed E-state index contributed by atoms with van der Waals surface area (Å²) < 4.78 is 6.16. The smallest absolute Gasteiger partial charge is 0.193 e. The van der Waals surface area contributed by atoms with Crippen molar-refractivity contribution in [3.63, 3.8) is 0 Å². The Balaban J connectivity index is 2.51. The van der Waals surface area contributed by atoms with Crippen molar-refractivity contribution < 1.29 is 4.43 Å². The Bertz CT molecular complexity index is 417. The van der Waals surface area contributed by atoms with E-state index in [0.29, 0.717) is 6.61 Å². The minimum absolute atomic E-state index is 0.265. The zero-order chi connectivity index (χ0) is 17.2. The third-order valence-electron chi connectivity index (χ3n) is 5.35. The van der Waals surface area contributed by atoms with Crippen LogP contribution < -0.4 is 0 Å². The summed E-state index contributed by atoms with van der Waals surface area (Å²) in [6.07, 6.45) is 15.8. The summed E-state index contributed by atoms with van der Waals surface area (Å²) in [5.74, 6) is 6.70. The van der Waals surface area contributed by atoms with Crippen molar-refractivity contribution >= 4 is 8.32 Å². The highest BCUT2D eigenvalue weighted by atomic mass is 28.4. The molecule has 0 saturated heterocycles. The van der Waals surface area contributed by atoms with Crippen LogP contribution >= 0.6 is 0 Å². The van der Waals surface area contributed by atoms with E-state index in [-0.39, 0.29) is 5.04 Å². The van der Waals surface area contributed by atoms with Gasteiger partial charge >= 0.3 is 0 Å². The lowest BCUT2D eigenvalue weighted by molar-refractivity contribution is 0.334. The van der Waals surface area contributed by atoms with E-state index in [1.54, 1.807) is 0 Å². The third kappa shape index (κ3) is 8.77. The molecule has 1 rings (SSSR count). The van der Waals surface area contributed by atoms with Crippen LogP contribution in [0.15, 0.2) is 11.6 Å². The van der Waals surface area contributed by atoms with Crippen LogP contribution in [0, 0.1) is 11.8 Å². The molecule has 0 saturated carbocycles. The molecule has 1 aliphatic rings. The molecule has 0 N–H and O–H groups in total. The molecule has 0 aromatic rings. The van der Waals surface area contributed by atoms with E-state index in [0.717, 1.165) is 6.42 Å². The first kappa shape index (κ1) is 20.5. The Morgan fingerprint density at radius 1 is 0.957 bits per heavy atom. The van der Waals surface area contributed by atoms with Gasteiger partial charge < -0.3 is 4.43 Å². The van der Waals surface area contributed by atoms with Gasteiger partial charge in [-0.05, 0) is 49.4 Å². The molecule has 0 atom stereocenters. The van der Waals surface area contributed by atoms with Crippen molar-refractivity contribution in [2.24, 2.45) is 0 Å². The molecule has 0 bridgehead atoms. The molecule has 0 heterocycles. The molecular weight excluding hydrogens is 296 g/mol. The van der Waals surface area contributed by atoms with Crippen molar-refractivity contribution in [3.05, 3.63) is 11.6 Å². The Hall–Kier alpha value is -0.523. The van der Waals surface area contributed by atoms with Gasteiger partial charge in [-0.3, -0.25) is 0 Å². The largest absolute Gasteiger partial charge is 0.406 e. The number of allylic oxidation sites excluding steroid dienone is 2. The number of rotatable bonds is 2. The first-order valence-corrected chi connectivity index (χ1v) is 12.6. The van der Waals surface area contributed by atoms with Gasteiger partial charge in [0.15, 0.2) is 8.32 Å². The van der Waals surface area contributed by atoms with Crippen molar-refractivity contribution in [3.8, 4) is 11.8 Å². The van der Waals surface area contributed by atoms with Gasteiger partial charge in [0, 0.05) is 0 Å². The summed E-state index contributed by atoms with van der Waals surface area (Å²) in [5.41, 5.74) is 1.35. The van der Waals surface area contributed by atoms with E-state index >= 15 is 0 Å². The van der Waals surface area contributed by atoms with Crippen LogP contribution in [0.2, 0.25) is 18.1 Å². The summed E-state index contributed by atoms with van der Waals surface area (Å²) in [7, 11) is -1.66. The van der Waals surface area contributed by atoms with Gasteiger partial charge in [-0.2, -0.15) is 0 Å². The summed E-state index contributed by atoms with van der Waals surface area (Å²) in [6, 6.07) is 0. The highest BCUT2D eigenvalue weighted by Crippen LogP contribution is 2.36. The van der Waals surface area contributed by atoms with Crippen LogP contribution in [0.1, 0.15) is 85.0 Å². The van der Waals surface area contributed by atoms with Crippen LogP contribution in [-0.4, -0.2) is 14.9 Å². The summed E-state index contributed by atoms with van der Waals surface area (Å²) >= 11 is 0. The molecule has 0 aromatic heterocycles. The van der Waals surface area contributed by atoms with Gasteiger partial charge in [0.2, 0.25) is 0 Å². The van der Waals surface area contributed by atoms with Crippen molar-refractivity contribution in [1.82, 2.24) is 0 Å². The quantitative estimate of drug-likeness (QED) is 0.396. The topological polar surface area (TPSA) is 9.23 Å². The third-order valence-corrected chi connectivity index (χ3v) is 9.83. The Kier molecular flexibility index (Phi) is 9.25. The van der Waals surface area contributed by atoms with Crippen LogP contribution in [-0.2, 0) is 4.43 Å². The molecule has 0 fully saturated rings. The van der Waals surface area contributed by atoms with Crippen molar-refractivity contribution in [2.45, 2.75) is 103 Å². The first-order chi connectivity index (χ1) is 10.8. The predicted molar refractivity (Wildman–Crippen MR) is 105 cm³/mol. The first-order valence-electron chi connectivity index (χ1n) is 9.65. The van der Waals surface area contributed by atoms with Gasteiger partial charge in [0.05, 0.1) is 6.61 Å². The van der Waals surface area contributed by atoms with Gasteiger partial charge in [-0.25, -0.2) is 0 Å². The second-order valence-corrected chi connectivity index (χ2v) is 13.3. The summed E-state index contributed by atoms with van der Waals surface area (Å²) in [6.45, 7) is 12.0. The molecule has 0 radical (unpaired) electrons. The van der Waals surface area contributed by atoms with E-state index in [4.69, 9.17) is 4.43 Å². The Morgan fingerprint density at radius 3 is 2.13 bits per heavy atom. The maximum absolute atomic E-state index is 6.16. The van der Waals surface area contributed by atoms with Crippen LogP contribution in [0.5, 0.6) is 0 Å². The fourth-order valence-electron chi connectivity index (χ4n) is 2.59. The van der Waals surface area contributed by atoms with Gasteiger partial charge in [0.25, 0.3) is 0 Å². The fourth-order valence-corrected chi connectivity index (χ4v) is 3.46. The second kappa shape index (κ2) is 10.4. The molecule has 0 amide bonds. The van der Waals surface area contributed by atoms with Crippen LogP contribution in [0.3, 0.4) is 0 Å². The maximum Gasteiger partial charge on any atom is 0.193 e. The molecule has 23 heavy (non-hydrogen) atoms. The SMILES string of the molecule is CC(C)(C)[Si](C)(C)OCC#C/C1=C/CCCCCCCCCC1. The zero-order valence-corrected chi connectivity index (χ0v) is 17.3. The zero-order valence-electron chi connectivity index (χ0n) is 16.3.